The Balaban J connectivity index is 1.45. The molecule has 6 nitrogen and oxygen atoms in total. The summed E-state index contributed by atoms with van der Waals surface area (Å²) in [7, 11) is 0. The smallest absolute Gasteiger partial charge is 0.241 e. The number of rotatable bonds is 6. The van der Waals surface area contributed by atoms with Crippen LogP contribution in [0.3, 0.4) is 0 Å². The molecule has 0 spiro atoms. The SMILES string of the molecule is O=C(Cn1cccn1)NCCn1ccnc1C1CC1. The summed E-state index contributed by atoms with van der Waals surface area (Å²) in [6.45, 7) is 1.67. The average Bonchev–Trinajstić information content (AvgIpc) is 2.92. The zero-order valence-corrected chi connectivity index (χ0v) is 10.7. The Hall–Kier alpha value is -2.11. The van der Waals surface area contributed by atoms with E-state index in [0.29, 0.717) is 12.5 Å². The van der Waals surface area contributed by atoms with Crippen LogP contribution >= 0.6 is 0 Å². The van der Waals surface area contributed by atoms with E-state index in [4.69, 9.17) is 0 Å². The van der Waals surface area contributed by atoms with E-state index in [1.54, 1.807) is 23.1 Å². The zero-order chi connectivity index (χ0) is 13.1. The Morgan fingerprint density at radius 2 is 2.26 bits per heavy atom. The maximum absolute atomic E-state index is 11.7. The van der Waals surface area contributed by atoms with Gasteiger partial charge in [-0.3, -0.25) is 9.48 Å². The summed E-state index contributed by atoms with van der Waals surface area (Å²) in [6.07, 6.45) is 9.74. The second kappa shape index (κ2) is 5.26. The maximum Gasteiger partial charge on any atom is 0.241 e. The van der Waals surface area contributed by atoms with Crippen molar-refractivity contribution in [1.82, 2.24) is 24.6 Å². The van der Waals surface area contributed by atoms with Gasteiger partial charge in [-0.25, -0.2) is 4.98 Å². The average molecular weight is 259 g/mol. The van der Waals surface area contributed by atoms with Crippen LogP contribution in [0.5, 0.6) is 0 Å². The van der Waals surface area contributed by atoms with Crippen molar-refractivity contribution >= 4 is 5.91 Å². The molecule has 1 aliphatic rings. The molecule has 0 bridgehead atoms. The van der Waals surface area contributed by atoms with Crippen molar-refractivity contribution in [2.75, 3.05) is 6.54 Å². The van der Waals surface area contributed by atoms with Gasteiger partial charge in [-0.15, -0.1) is 0 Å². The molecule has 1 amide bonds. The molecule has 3 rings (SSSR count). The minimum absolute atomic E-state index is 0.0169. The van der Waals surface area contributed by atoms with Crippen molar-refractivity contribution in [2.45, 2.75) is 31.8 Å². The van der Waals surface area contributed by atoms with Gasteiger partial charge >= 0.3 is 0 Å². The molecule has 0 atom stereocenters. The largest absolute Gasteiger partial charge is 0.353 e. The fourth-order valence-corrected chi connectivity index (χ4v) is 2.12. The molecule has 1 N–H and O–H groups in total. The van der Waals surface area contributed by atoms with Crippen LogP contribution < -0.4 is 5.32 Å². The van der Waals surface area contributed by atoms with Crippen molar-refractivity contribution < 1.29 is 4.79 Å². The van der Waals surface area contributed by atoms with Gasteiger partial charge in [-0.05, 0) is 18.9 Å². The first-order valence-corrected chi connectivity index (χ1v) is 6.58. The Kier molecular flexibility index (Phi) is 3.31. The van der Waals surface area contributed by atoms with E-state index in [1.807, 2.05) is 12.4 Å². The Morgan fingerprint density at radius 3 is 3.00 bits per heavy atom. The predicted octanol–water partition coefficient (Wildman–Crippen LogP) is 0.773. The van der Waals surface area contributed by atoms with Gasteiger partial charge in [0.1, 0.15) is 12.4 Å². The maximum atomic E-state index is 11.7. The van der Waals surface area contributed by atoms with Gasteiger partial charge in [0, 0.05) is 43.8 Å². The lowest BCUT2D eigenvalue weighted by molar-refractivity contribution is -0.121. The molecule has 0 radical (unpaired) electrons. The summed E-state index contributed by atoms with van der Waals surface area (Å²) < 4.78 is 3.74. The molecule has 1 saturated carbocycles. The lowest BCUT2D eigenvalue weighted by Crippen LogP contribution is -2.30. The van der Waals surface area contributed by atoms with Gasteiger partial charge in [-0.2, -0.15) is 5.10 Å². The second-order valence-corrected chi connectivity index (χ2v) is 4.81. The fraction of sp³-hybridized carbons (Fsp3) is 0.462. The number of aromatic nitrogens is 4. The van der Waals surface area contributed by atoms with Gasteiger partial charge in [-0.1, -0.05) is 0 Å². The standard InChI is InChI=1S/C13H17N5O/c19-12(10-18-7-1-4-16-18)14-5-8-17-9-6-15-13(17)11-2-3-11/h1,4,6-7,9,11H,2-3,5,8,10H2,(H,14,19). The Morgan fingerprint density at radius 1 is 1.37 bits per heavy atom. The number of hydrogen-bond acceptors (Lipinski definition) is 3. The van der Waals surface area contributed by atoms with Crippen LogP contribution in [-0.2, 0) is 17.9 Å². The highest BCUT2D eigenvalue weighted by Crippen LogP contribution is 2.38. The van der Waals surface area contributed by atoms with Crippen molar-refractivity contribution in [1.29, 1.82) is 0 Å². The van der Waals surface area contributed by atoms with Gasteiger partial charge in [0.15, 0.2) is 0 Å². The van der Waals surface area contributed by atoms with Crippen LogP contribution in [0.25, 0.3) is 0 Å². The molecule has 0 aliphatic heterocycles. The molecular formula is C13H17N5O. The van der Waals surface area contributed by atoms with Crippen molar-refractivity contribution in [3.63, 3.8) is 0 Å². The van der Waals surface area contributed by atoms with Gasteiger partial charge in [0.25, 0.3) is 0 Å². The van der Waals surface area contributed by atoms with E-state index in [9.17, 15) is 4.79 Å². The van der Waals surface area contributed by atoms with Crippen LogP contribution in [0.15, 0.2) is 30.9 Å². The minimum Gasteiger partial charge on any atom is -0.353 e. The van der Waals surface area contributed by atoms with Crippen LogP contribution in [0.2, 0.25) is 0 Å². The number of carbonyl (C=O) groups is 1. The monoisotopic (exact) mass is 259 g/mol. The van der Waals surface area contributed by atoms with E-state index < -0.39 is 0 Å². The highest BCUT2D eigenvalue weighted by Gasteiger charge is 2.27. The van der Waals surface area contributed by atoms with Crippen LogP contribution in [0, 0.1) is 0 Å². The predicted molar refractivity (Wildman–Crippen MR) is 69.4 cm³/mol. The number of imidazole rings is 1. The van der Waals surface area contributed by atoms with Gasteiger partial charge in [0.05, 0.1) is 0 Å². The quantitative estimate of drug-likeness (QED) is 0.833. The Labute approximate surface area is 111 Å². The second-order valence-electron chi connectivity index (χ2n) is 4.81. The lowest BCUT2D eigenvalue weighted by atomic mass is 10.4. The number of carbonyl (C=O) groups excluding carboxylic acids is 1. The fourth-order valence-electron chi connectivity index (χ4n) is 2.12. The molecule has 0 unspecified atom stereocenters. The first kappa shape index (κ1) is 12.0. The van der Waals surface area contributed by atoms with Crippen molar-refractivity contribution in [3.05, 3.63) is 36.7 Å². The van der Waals surface area contributed by atoms with E-state index in [0.717, 1.165) is 12.4 Å². The number of nitrogens with one attached hydrogen (secondary N) is 1. The molecule has 0 aromatic carbocycles. The van der Waals surface area contributed by atoms with Gasteiger partial charge in [0.2, 0.25) is 5.91 Å². The molecule has 100 valence electrons. The van der Waals surface area contributed by atoms with E-state index in [-0.39, 0.29) is 12.5 Å². The number of nitrogens with zero attached hydrogens (tertiary/aromatic N) is 4. The highest BCUT2D eigenvalue weighted by atomic mass is 16.2. The first-order valence-electron chi connectivity index (χ1n) is 6.58. The molecule has 2 heterocycles. The normalized spacial score (nSPS) is 14.5. The molecule has 2 aromatic rings. The third-order valence-electron chi connectivity index (χ3n) is 3.23. The summed E-state index contributed by atoms with van der Waals surface area (Å²) in [4.78, 5) is 16.0. The van der Waals surface area contributed by atoms with E-state index in [1.165, 1.54) is 12.8 Å². The van der Waals surface area contributed by atoms with Crippen LogP contribution in [-0.4, -0.2) is 31.8 Å². The lowest BCUT2D eigenvalue weighted by Gasteiger charge is -2.08. The molecule has 1 aliphatic carbocycles. The molecule has 6 heteroatoms. The molecule has 2 aromatic heterocycles. The van der Waals surface area contributed by atoms with E-state index in [2.05, 4.69) is 20.0 Å². The molecule has 19 heavy (non-hydrogen) atoms. The topological polar surface area (TPSA) is 64.7 Å². The molecule has 1 fully saturated rings. The summed E-state index contributed by atoms with van der Waals surface area (Å²) >= 11 is 0. The molecule has 0 saturated heterocycles. The van der Waals surface area contributed by atoms with Crippen molar-refractivity contribution in [3.8, 4) is 0 Å². The van der Waals surface area contributed by atoms with Crippen LogP contribution in [0.4, 0.5) is 0 Å². The zero-order valence-electron chi connectivity index (χ0n) is 10.7. The third kappa shape index (κ3) is 3.01. The van der Waals surface area contributed by atoms with Gasteiger partial charge < -0.3 is 9.88 Å². The minimum atomic E-state index is -0.0169. The third-order valence-corrected chi connectivity index (χ3v) is 3.23. The number of amides is 1. The summed E-state index contributed by atoms with van der Waals surface area (Å²) in [5.41, 5.74) is 0. The summed E-state index contributed by atoms with van der Waals surface area (Å²) in [5.74, 6) is 1.77. The highest BCUT2D eigenvalue weighted by molar-refractivity contribution is 5.75. The van der Waals surface area contributed by atoms with Crippen molar-refractivity contribution in [2.24, 2.45) is 0 Å². The molecular weight excluding hydrogens is 242 g/mol. The summed E-state index contributed by atoms with van der Waals surface area (Å²) in [5, 5.41) is 6.90. The first-order chi connectivity index (χ1) is 9.33. The summed E-state index contributed by atoms with van der Waals surface area (Å²) in [6, 6.07) is 1.81. The van der Waals surface area contributed by atoms with E-state index >= 15 is 0 Å². The Bertz CT molecular complexity index is 541. The number of hydrogen-bond donors (Lipinski definition) is 1. The van der Waals surface area contributed by atoms with Crippen LogP contribution in [0.1, 0.15) is 24.6 Å².